The van der Waals surface area contributed by atoms with Crippen LogP contribution in [0.4, 0.5) is 24.5 Å². The Hall–Kier alpha value is -1.91. The molecule has 5 heteroatoms. The van der Waals surface area contributed by atoms with E-state index in [0.717, 1.165) is 0 Å². The minimum absolute atomic E-state index is 0.0320. The van der Waals surface area contributed by atoms with Gasteiger partial charge < -0.3 is 11.1 Å². The van der Waals surface area contributed by atoms with E-state index in [1.54, 1.807) is 13.1 Å². The number of nitrogen functional groups attached to an aromatic ring is 1. The van der Waals surface area contributed by atoms with Crippen molar-refractivity contribution in [3.05, 3.63) is 35.7 Å². The van der Waals surface area contributed by atoms with Crippen molar-refractivity contribution < 1.29 is 13.2 Å². The molecule has 0 aromatic heterocycles. The van der Waals surface area contributed by atoms with Crippen LogP contribution in [0.2, 0.25) is 0 Å². The lowest BCUT2D eigenvalue weighted by atomic mass is 10.1. The number of rotatable bonds is 1. The molecule has 0 amide bonds. The van der Waals surface area contributed by atoms with Gasteiger partial charge in [0.1, 0.15) is 5.69 Å². The standard InChI is InChI=1S/C11H9F3N2/c1-16-5-2-3-6-7(4-5)8(12)10(14)11(15)9(6)13/h2-4,16H,15H2,1H3. The molecule has 3 N–H and O–H groups in total. The summed E-state index contributed by atoms with van der Waals surface area (Å²) in [5.41, 5.74) is 4.89. The second kappa shape index (κ2) is 3.59. The minimum Gasteiger partial charge on any atom is -0.394 e. The first kappa shape index (κ1) is 10.6. The van der Waals surface area contributed by atoms with Crippen LogP contribution in [0.3, 0.4) is 0 Å². The molecule has 2 rings (SSSR count). The van der Waals surface area contributed by atoms with Crippen LogP contribution in [0.1, 0.15) is 0 Å². The Kier molecular flexibility index (Phi) is 2.38. The summed E-state index contributed by atoms with van der Waals surface area (Å²) >= 11 is 0. The van der Waals surface area contributed by atoms with Crippen LogP contribution in [-0.2, 0) is 0 Å². The molecular weight excluding hydrogens is 217 g/mol. The maximum atomic E-state index is 13.5. The fraction of sp³-hybridized carbons (Fsp3) is 0.0909. The van der Waals surface area contributed by atoms with E-state index in [4.69, 9.17) is 5.73 Å². The molecule has 0 aliphatic rings. The molecule has 0 unspecified atom stereocenters. The zero-order valence-corrected chi connectivity index (χ0v) is 8.44. The number of nitrogens with one attached hydrogen (secondary N) is 1. The summed E-state index contributed by atoms with van der Waals surface area (Å²) in [6, 6.07) is 4.24. The molecule has 84 valence electrons. The SMILES string of the molecule is CNc1ccc2c(F)c(N)c(F)c(F)c2c1. The largest absolute Gasteiger partial charge is 0.394 e. The van der Waals surface area contributed by atoms with E-state index in [-0.39, 0.29) is 10.8 Å². The molecule has 0 radical (unpaired) electrons. The maximum absolute atomic E-state index is 13.5. The number of hydrogen-bond acceptors (Lipinski definition) is 2. The van der Waals surface area contributed by atoms with Gasteiger partial charge in [-0.1, -0.05) is 0 Å². The third-order valence-electron chi connectivity index (χ3n) is 2.45. The smallest absolute Gasteiger partial charge is 0.185 e. The van der Waals surface area contributed by atoms with Crippen molar-refractivity contribution in [2.75, 3.05) is 18.1 Å². The summed E-state index contributed by atoms with van der Waals surface area (Å²) in [6.45, 7) is 0. The average molecular weight is 226 g/mol. The number of benzene rings is 2. The highest BCUT2D eigenvalue weighted by atomic mass is 19.2. The first-order chi connectivity index (χ1) is 7.56. The third-order valence-corrected chi connectivity index (χ3v) is 2.45. The van der Waals surface area contributed by atoms with Crippen LogP contribution in [-0.4, -0.2) is 7.05 Å². The molecule has 0 atom stereocenters. The van der Waals surface area contributed by atoms with Gasteiger partial charge in [0, 0.05) is 23.5 Å². The van der Waals surface area contributed by atoms with Crippen molar-refractivity contribution in [3.8, 4) is 0 Å². The van der Waals surface area contributed by atoms with Crippen molar-refractivity contribution >= 4 is 22.1 Å². The summed E-state index contributed by atoms with van der Waals surface area (Å²) < 4.78 is 40.2. The second-order valence-electron chi connectivity index (χ2n) is 3.37. The summed E-state index contributed by atoms with van der Waals surface area (Å²) in [7, 11) is 1.63. The summed E-state index contributed by atoms with van der Waals surface area (Å²) in [5, 5.41) is 2.60. The second-order valence-corrected chi connectivity index (χ2v) is 3.37. The highest BCUT2D eigenvalue weighted by Gasteiger charge is 2.17. The van der Waals surface area contributed by atoms with Crippen molar-refractivity contribution in [1.82, 2.24) is 0 Å². The van der Waals surface area contributed by atoms with Crippen molar-refractivity contribution in [1.29, 1.82) is 0 Å². The fourth-order valence-corrected chi connectivity index (χ4v) is 1.55. The van der Waals surface area contributed by atoms with Crippen molar-refractivity contribution in [2.45, 2.75) is 0 Å². The lowest BCUT2D eigenvalue weighted by Gasteiger charge is -2.08. The lowest BCUT2D eigenvalue weighted by Crippen LogP contribution is -2.01. The topological polar surface area (TPSA) is 38.0 Å². The number of halogens is 3. The Morgan fingerprint density at radius 1 is 1.00 bits per heavy atom. The Morgan fingerprint density at radius 3 is 2.31 bits per heavy atom. The highest BCUT2D eigenvalue weighted by molar-refractivity contribution is 5.89. The number of anilines is 2. The monoisotopic (exact) mass is 226 g/mol. The van der Waals surface area contributed by atoms with Gasteiger partial charge in [0.25, 0.3) is 0 Å². The molecule has 2 aromatic carbocycles. The van der Waals surface area contributed by atoms with Crippen LogP contribution in [0.15, 0.2) is 18.2 Å². The average Bonchev–Trinajstić information content (AvgIpc) is 2.33. The van der Waals surface area contributed by atoms with E-state index in [1.807, 2.05) is 0 Å². The molecule has 0 aliphatic heterocycles. The normalized spacial score (nSPS) is 10.8. The Morgan fingerprint density at radius 2 is 1.69 bits per heavy atom. The van der Waals surface area contributed by atoms with Gasteiger partial charge in [-0.25, -0.2) is 13.2 Å². The van der Waals surface area contributed by atoms with Gasteiger partial charge in [0.05, 0.1) is 0 Å². The van der Waals surface area contributed by atoms with Crippen LogP contribution < -0.4 is 11.1 Å². The van der Waals surface area contributed by atoms with Gasteiger partial charge in [-0.15, -0.1) is 0 Å². The first-order valence-corrected chi connectivity index (χ1v) is 4.59. The zero-order valence-electron chi connectivity index (χ0n) is 8.44. The predicted molar refractivity (Wildman–Crippen MR) is 57.8 cm³/mol. The van der Waals surface area contributed by atoms with E-state index in [0.29, 0.717) is 5.69 Å². The van der Waals surface area contributed by atoms with Crippen LogP contribution >= 0.6 is 0 Å². The van der Waals surface area contributed by atoms with E-state index in [2.05, 4.69) is 5.32 Å². The molecular formula is C11H9F3N2. The minimum atomic E-state index is -1.35. The quantitative estimate of drug-likeness (QED) is 0.579. The molecule has 0 aliphatic carbocycles. The van der Waals surface area contributed by atoms with Gasteiger partial charge in [0.15, 0.2) is 17.5 Å². The molecule has 16 heavy (non-hydrogen) atoms. The van der Waals surface area contributed by atoms with Gasteiger partial charge in [-0.2, -0.15) is 0 Å². The number of nitrogens with two attached hydrogens (primary N) is 1. The van der Waals surface area contributed by atoms with Gasteiger partial charge >= 0.3 is 0 Å². The first-order valence-electron chi connectivity index (χ1n) is 4.59. The molecule has 0 heterocycles. The summed E-state index contributed by atoms with van der Waals surface area (Å²) in [4.78, 5) is 0. The van der Waals surface area contributed by atoms with Crippen LogP contribution in [0.25, 0.3) is 10.8 Å². The Balaban J connectivity index is 2.91. The van der Waals surface area contributed by atoms with E-state index >= 15 is 0 Å². The van der Waals surface area contributed by atoms with Crippen molar-refractivity contribution in [2.24, 2.45) is 0 Å². The predicted octanol–water partition coefficient (Wildman–Crippen LogP) is 2.88. The van der Waals surface area contributed by atoms with Gasteiger partial charge in [-0.05, 0) is 18.2 Å². The fourth-order valence-electron chi connectivity index (χ4n) is 1.55. The highest BCUT2D eigenvalue weighted by Crippen LogP contribution is 2.30. The van der Waals surface area contributed by atoms with Gasteiger partial charge in [-0.3, -0.25) is 0 Å². The molecule has 0 saturated carbocycles. The van der Waals surface area contributed by atoms with E-state index in [1.165, 1.54) is 12.1 Å². The van der Waals surface area contributed by atoms with Crippen LogP contribution in [0, 0.1) is 17.5 Å². The molecule has 2 aromatic rings. The van der Waals surface area contributed by atoms with Crippen molar-refractivity contribution in [3.63, 3.8) is 0 Å². The molecule has 0 spiro atoms. The van der Waals surface area contributed by atoms with Gasteiger partial charge in [0.2, 0.25) is 0 Å². The number of hydrogen-bond donors (Lipinski definition) is 2. The summed E-state index contributed by atoms with van der Waals surface area (Å²) in [6.07, 6.45) is 0. The van der Waals surface area contributed by atoms with E-state index < -0.39 is 23.1 Å². The molecule has 0 saturated heterocycles. The van der Waals surface area contributed by atoms with E-state index in [9.17, 15) is 13.2 Å². The Labute approximate surface area is 89.9 Å². The zero-order chi connectivity index (χ0) is 11.9. The summed E-state index contributed by atoms with van der Waals surface area (Å²) in [5.74, 6) is -3.42. The maximum Gasteiger partial charge on any atom is 0.185 e. The number of fused-ring (bicyclic) bond motifs is 1. The molecule has 0 fully saturated rings. The molecule has 2 nitrogen and oxygen atoms in total. The third kappa shape index (κ3) is 1.36. The van der Waals surface area contributed by atoms with Crippen LogP contribution in [0.5, 0.6) is 0 Å². The lowest BCUT2D eigenvalue weighted by molar-refractivity contribution is 0.511. The molecule has 0 bridgehead atoms. The Bertz CT molecular complexity index is 567.